The second-order valence-corrected chi connectivity index (χ2v) is 5.01. The van der Waals surface area contributed by atoms with Crippen molar-refractivity contribution in [2.45, 2.75) is 25.6 Å². The molecule has 1 atom stereocenters. The summed E-state index contributed by atoms with van der Waals surface area (Å²) < 4.78 is 41.9. The Morgan fingerprint density at radius 2 is 2.09 bits per heavy atom. The van der Waals surface area contributed by atoms with Gasteiger partial charge in [0.05, 0.1) is 25.3 Å². The topological polar surface area (TPSA) is 52.8 Å². The highest BCUT2D eigenvalue weighted by Gasteiger charge is 2.26. The minimum atomic E-state index is -4.18. The van der Waals surface area contributed by atoms with Crippen molar-refractivity contribution in [3.63, 3.8) is 0 Å². The zero-order valence-corrected chi connectivity index (χ0v) is 13.1. The Morgan fingerprint density at radius 3 is 2.59 bits per heavy atom. The normalized spacial score (nSPS) is 14.2. The van der Waals surface area contributed by atoms with Crippen LogP contribution in [0.5, 0.6) is 0 Å². The van der Waals surface area contributed by atoms with Crippen molar-refractivity contribution >= 4 is 5.96 Å². The predicted molar refractivity (Wildman–Crippen MR) is 79.8 cm³/mol. The summed E-state index contributed by atoms with van der Waals surface area (Å²) in [6.45, 7) is 2.60. The number of nitrogens with one attached hydrogen (secondary N) is 2. The summed E-state index contributed by atoms with van der Waals surface area (Å²) in [5, 5.41) is 5.62. The fourth-order valence-corrected chi connectivity index (χ4v) is 1.83. The molecule has 0 spiro atoms. The van der Waals surface area contributed by atoms with Crippen LogP contribution in [0.1, 0.15) is 25.1 Å². The molecule has 1 rings (SSSR count). The molecule has 0 aliphatic rings. The van der Waals surface area contributed by atoms with Gasteiger partial charge in [-0.15, -0.1) is 0 Å². The van der Waals surface area contributed by atoms with E-state index in [-0.39, 0.29) is 12.6 Å². The van der Waals surface area contributed by atoms with Crippen molar-refractivity contribution < 1.29 is 17.6 Å². The van der Waals surface area contributed by atoms with Gasteiger partial charge in [-0.25, -0.2) is 0 Å². The first-order valence-electron chi connectivity index (χ1n) is 7.12. The molecular weight excluding hydrogens is 297 g/mol. The van der Waals surface area contributed by atoms with Crippen molar-refractivity contribution in [3.8, 4) is 0 Å². The fraction of sp³-hybridized carbons (Fsp3) is 0.643. The lowest BCUT2D eigenvalue weighted by molar-refractivity contribution is -0.132. The van der Waals surface area contributed by atoms with E-state index >= 15 is 0 Å². The zero-order chi connectivity index (χ0) is 16.6. The van der Waals surface area contributed by atoms with E-state index in [0.29, 0.717) is 19.0 Å². The van der Waals surface area contributed by atoms with Crippen molar-refractivity contribution in [2.75, 3.05) is 33.7 Å². The highest BCUT2D eigenvalue weighted by molar-refractivity contribution is 5.79. The summed E-state index contributed by atoms with van der Waals surface area (Å²) in [5.41, 5.74) is 0. The van der Waals surface area contributed by atoms with Crippen LogP contribution in [0.3, 0.4) is 0 Å². The SMILES string of the molecule is CCNC(=NCC(c1ccco1)N(C)C)NCCC(F)(F)F. The average Bonchev–Trinajstić information content (AvgIpc) is 2.90. The summed E-state index contributed by atoms with van der Waals surface area (Å²) in [5.74, 6) is 1.13. The Kier molecular flexibility index (Phi) is 7.23. The van der Waals surface area contributed by atoms with Crippen molar-refractivity contribution in [2.24, 2.45) is 4.99 Å². The Bertz CT molecular complexity index is 443. The van der Waals surface area contributed by atoms with Crippen LogP contribution in [0.2, 0.25) is 0 Å². The van der Waals surface area contributed by atoms with Gasteiger partial charge in [0.1, 0.15) is 5.76 Å². The number of guanidine groups is 1. The maximum atomic E-state index is 12.2. The van der Waals surface area contributed by atoms with Gasteiger partial charge in [-0.3, -0.25) is 9.89 Å². The van der Waals surface area contributed by atoms with Crippen LogP contribution in [-0.2, 0) is 0 Å². The van der Waals surface area contributed by atoms with E-state index in [1.807, 2.05) is 32.0 Å². The van der Waals surface area contributed by atoms with Gasteiger partial charge < -0.3 is 15.1 Å². The molecule has 0 saturated carbocycles. The van der Waals surface area contributed by atoms with Crippen molar-refractivity contribution in [1.82, 2.24) is 15.5 Å². The molecule has 8 heteroatoms. The Morgan fingerprint density at radius 1 is 1.36 bits per heavy atom. The first kappa shape index (κ1) is 18.3. The van der Waals surface area contributed by atoms with Gasteiger partial charge in [0.15, 0.2) is 5.96 Å². The molecule has 0 aromatic carbocycles. The number of aliphatic imine (C=N–C) groups is 1. The van der Waals surface area contributed by atoms with Crippen LogP contribution in [-0.4, -0.2) is 50.8 Å². The molecule has 1 unspecified atom stereocenters. The molecule has 1 heterocycles. The number of likely N-dealkylation sites (N-methyl/N-ethyl adjacent to an activating group) is 1. The van der Waals surface area contributed by atoms with E-state index in [1.165, 1.54) is 0 Å². The van der Waals surface area contributed by atoms with Crippen molar-refractivity contribution in [3.05, 3.63) is 24.2 Å². The maximum absolute atomic E-state index is 12.2. The molecular formula is C14H23F3N4O. The summed E-state index contributed by atoms with van der Waals surface area (Å²) >= 11 is 0. The number of alkyl halides is 3. The minimum absolute atomic E-state index is 0.0759. The maximum Gasteiger partial charge on any atom is 0.390 e. The third-order valence-electron chi connectivity index (χ3n) is 2.96. The van der Waals surface area contributed by atoms with Crippen molar-refractivity contribution in [1.29, 1.82) is 0 Å². The Hall–Kier alpha value is -1.70. The molecule has 0 amide bonds. The Labute approximate surface area is 128 Å². The standard InChI is InChI=1S/C14H23F3N4O/c1-4-18-13(19-8-7-14(15,16)17)20-10-11(21(2)3)12-6-5-9-22-12/h5-6,9,11H,4,7-8,10H2,1-3H3,(H2,18,19,20). The van der Waals surface area contributed by atoms with Crippen LogP contribution in [0, 0.1) is 0 Å². The monoisotopic (exact) mass is 320 g/mol. The minimum Gasteiger partial charge on any atom is -0.468 e. The zero-order valence-electron chi connectivity index (χ0n) is 13.1. The van der Waals surface area contributed by atoms with Crippen LogP contribution in [0.4, 0.5) is 13.2 Å². The van der Waals surface area contributed by atoms with Gasteiger partial charge >= 0.3 is 6.18 Å². The first-order chi connectivity index (χ1) is 10.3. The van der Waals surface area contributed by atoms with E-state index < -0.39 is 12.6 Å². The van der Waals surface area contributed by atoms with Gasteiger partial charge in [0, 0.05) is 13.1 Å². The lowest BCUT2D eigenvalue weighted by Crippen LogP contribution is -2.39. The van der Waals surface area contributed by atoms with Crippen LogP contribution in [0.25, 0.3) is 0 Å². The molecule has 0 radical (unpaired) electrons. The lowest BCUT2D eigenvalue weighted by Gasteiger charge is -2.21. The molecule has 0 aliphatic carbocycles. The van der Waals surface area contributed by atoms with Gasteiger partial charge in [-0.05, 0) is 33.2 Å². The van der Waals surface area contributed by atoms with E-state index in [1.54, 1.807) is 12.3 Å². The number of hydrogen-bond donors (Lipinski definition) is 2. The molecule has 0 saturated heterocycles. The van der Waals surface area contributed by atoms with E-state index in [4.69, 9.17) is 4.42 Å². The van der Waals surface area contributed by atoms with Crippen LogP contribution in [0.15, 0.2) is 27.8 Å². The molecule has 1 aromatic rings. The summed E-state index contributed by atoms with van der Waals surface area (Å²) in [4.78, 5) is 6.28. The second-order valence-electron chi connectivity index (χ2n) is 5.01. The van der Waals surface area contributed by atoms with Crippen LogP contribution >= 0.6 is 0 Å². The molecule has 22 heavy (non-hydrogen) atoms. The second kappa shape index (κ2) is 8.67. The third kappa shape index (κ3) is 6.84. The molecule has 2 N–H and O–H groups in total. The number of hydrogen-bond acceptors (Lipinski definition) is 3. The molecule has 0 bridgehead atoms. The van der Waals surface area contributed by atoms with E-state index in [9.17, 15) is 13.2 Å². The third-order valence-corrected chi connectivity index (χ3v) is 2.96. The highest BCUT2D eigenvalue weighted by Crippen LogP contribution is 2.19. The highest BCUT2D eigenvalue weighted by atomic mass is 19.4. The number of halogens is 3. The molecule has 0 aliphatic heterocycles. The summed E-state index contributed by atoms with van der Waals surface area (Å²) in [7, 11) is 3.79. The van der Waals surface area contributed by atoms with Gasteiger partial charge in [0.2, 0.25) is 0 Å². The van der Waals surface area contributed by atoms with Crippen LogP contribution < -0.4 is 10.6 Å². The molecule has 0 fully saturated rings. The smallest absolute Gasteiger partial charge is 0.390 e. The van der Waals surface area contributed by atoms with E-state index in [0.717, 1.165) is 5.76 Å². The number of furan rings is 1. The Balaban J connectivity index is 2.63. The molecule has 1 aromatic heterocycles. The molecule has 5 nitrogen and oxygen atoms in total. The lowest BCUT2D eigenvalue weighted by atomic mass is 10.2. The predicted octanol–water partition coefficient (Wildman–Crippen LogP) is 2.39. The summed E-state index contributed by atoms with van der Waals surface area (Å²) in [6.07, 6.45) is -3.49. The average molecular weight is 320 g/mol. The first-order valence-corrected chi connectivity index (χ1v) is 7.12. The quantitative estimate of drug-likeness (QED) is 0.598. The number of rotatable bonds is 7. The van der Waals surface area contributed by atoms with E-state index in [2.05, 4.69) is 15.6 Å². The summed E-state index contributed by atoms with van der Waals surface area (Å²) in [6, 6.07) is 3.57. The number of nitrogens with zero attached hydrogens (tertiary/aromatic N) is 2. The van der Waals surface area contributed by atoms with Gasteiger partial charge in [-0.1, -0.05) is 0 Å². The van der Waals surface area contributed by atoms with Gasteiger partial charge in [-0.2, -0.15) is 13.2 Å². The van der Waals surface area contributed by atoms with Gasteiger partial charge in [0.25, 0.3) is 0 Å². The largest absolute Gasteiger partial charge is 0.468 e. The fourth-order valence-electron chi connectivity index (χ4n) is 1.83. The molecule has 126 valence electrons.